The molecule has 2 aromatic rings. The molecule has 3 rings (SSSR count). The molecule has 0 unspecified atom stereocenters. The fourth-order valence-electron chi connectivity index (χ4n) is 3.86. The van der Waals surface area contributed by atoms with E-state index in [0.717, 1.165) is 22.3 Å². The fourth-order valence-corrected chi connectivity index (χ4v) is 3.86. The zero-order chi connectivity index (χ0) is 24.0. The van der Waals surface area contributed by atoms with E-state index in [1.165, 1.54) is 13.0 Å². The number of amides is 2. The van der Waals surface area contributed by atoms with E-state index in [2.05, 4.69) is 22.8 Å². The van der Waals surface area contributed by atoms with Gasteiger partial charge in [0.05, 0.1) is 0 Å². The summed E-state index contributed by atoms with van der Waals surface area (Å²) < 4.78 is 5.54. The summed E-state index contributed by atoms with van der Waals surface area (Å²) in [5, 5.41) is 14.2. The van der Waals surface area contributed by atoms with E-state index in [4.69, 9.17) is 9.84 Å². The molecule has 0 aliphatic heterocycles. The van der Waals surface area contributed by atoms with Crippen molar-refractivity contribution in [3.05, 3.63) is 71.3 Å². The molecule has 0 bridgehead atoms. The number of fused-ring (bicyclic) bond motifs is 3. The second-order valence-corrected chi connectivity index (χ2v) is 8.22. The van der Waals surface area contributed by atoms with Crippen molar-refractivity contribution >= 4 is 18.0 Å². The Kier molecular flexibility index (Phi) is 7.84. The molecule has 2 amide bonds. The third-order valence-corrected chi connectivity index (χ3v) is 5.52. The number of nitrogens with one attached hydrogen (secondary N) is 2. The molecule has 0 radical (unpaired) electrons. The average molecular weight is 452 g/mol. The normalized spacial score (nSPS) is 13.8. The third-order valence-electron chi connectivity index (χ3n) is 5.52. The van der Waals surface area contributed by atoms with Crippen LogP contribution in [0.1, 0.15) is 24.0 Å². The van der Waals surface area contributed by atoms with E-state index in [-0.39, 0.29) is 31.2 Å². The summed E-state index contributed by atoms with van der Waals surface area (Å²) in [6, 6.07) is 15.3. The minimum Gasteiger partial charge on any atom is -0.478 e. The van der Waals surface area contributed by atoms with Crippen molar-refractivity contribution in [2.45, 2.75) is 18.9 Å². The van der Waals surface area contributed by atoms with Crippen LogP contribution >= 0.6 is 0 Å². The minimum absolute atomic E-state index is 0.0489. The van der Waals surface area contributed by atoms with E-state index in [9.17, 15) is 14.4 Å². The second-order valence-electron chi connectivity index (χ2n) is 8.22. The molecule has 8 nitrogen and oxygen atoms in total. The van der Waals surface area contributed by atoms with Crippen molar-refractivity contribution in [3.63, 3.8) is 0 Å². The maximum Gasteiger partial charge on any atom is 0.407 e. The number of rotatable bonds is 9. The van der Waals surface area contributed by atoms with Gasteiger partial charge in [0, 0.05) is 24.6 Å². The first-order valence-corrected chi connectivity index (χ1v) is 10.7. The van der Waals surface area contributed by atoms with Crippen LogP contribution in [0, 0.1) is 0 Å². The van der Waals surface area contributed by atoms with Gasteiger partial charge in [-0.2, -0.15) is 0 Å². The quantitative estimate of drug-likeness (QED) is 0.506. The van der Waals surface area contributed by atoms with Crippen LogP contribution in [0.5, 0.6) is 0 Å². The van der Waals surface area contributed by atoms with Crippen LogP contribution < -0.4 is 10.6 Å². The Morgan fingerprint density at radius 1 is 1.06 bits per heavy atom. The molecular formula is C25H29N3O5. The summed E-state index contributed by atoms with van der Waals surface area (Å²) in [7, 11) is 3.57. The summed E-state index contributed by atoms with van der Waals surface area (Å²) in [5.74, 6) is -1.55. The fraction of sp³-hybridized carbons (Fsp3) is 0.320. The van der Waals surface area contributed by atoms with Gasteiger partial charge in [-0.15, -0.1) is 0 Å². The number of nitrogens with zero attached hydrogens (tertiary/aromatic N) is 1. The smallest absolute Gasteiger partial charge is 0.407 e. The molecule has 0 saturated carbocycles. The van der Waals surface area contributed by atoms with E-state index >= 15 is 0 Å². The summed E-state index contributed by atoms with van der Waals surface area (Å²) >= 11 is 0. The number of alkyl carbamates (subject to hydrolysis) is 1. The Labute approximate surface area is 193 Å². The lowest BCUT2D eigenvalue weighted by Gasteiger charge is -2.22. The van der Waals surface area contributed by atoms with Crippen molar-refractivity contribution < 1.29 is 24.2 Å². The molecule has 8 heteroatoms. The highest BCUT2D eigenvalue weighted by Gasteiger charge is 2.29. The van der Waals surface area contributed by atoms with Gasteiger partial charge in [0.1, 0.15) is 12.6 Å². The number of aliphatic carboxylic acids is 1. The second kappa shape index (κ2) is 10.8. The molecule has 174 valence electrons. The van der Waals surface area contributed by atoms with Gasteiger partial charge in [0.2, 0.25) is 5.91 Å². The lowest BCUT2D eigenvalue weighted by atomic mass is 9.98. The molecule has 0 spiro atoms. The van der Waals surface area contributed by atoms with Crippen LogP contribution in [0.2, 0.25) is 0 Å². The molecular weight excluding hydrogens is 422 g/mol. The zero-order valence-electron chi connectivity index (χ0n) is 19.0. The molecule has 0 aromatic heterocycles. The molecule has 2 aromatic carbocycles. The van der Waals surface area contributed by atoms with Crippen LogP contribution in [-0.2, 0) is 14.3 Å². The maximum atomic E-state index is 12.6. The van der Waals surface area contributed by atoms with Gasteiger partial charge >= 0.3 is 12.1 Å². The number of ether oxygens (including phenoxy) is 1. The molecule has 0 saturated heterocycles. The van der Waals surface area contributed by atoms with Gasteiger partial charge in [0.25, 0.3) is 0 Å². The topological polar surface area (TPSA) is 108 Å². The molecule has 3 N–H and O–H groups in total. The van der Waals surface area contributed by atoms with Crippen molar-refractivity contribution in [1.82, 2.24) is 15.5 Å². The highest BCUT2D eigenvalue weighted by atomic mass is 16.5. The largest absolute Gasteiger partial charge is 0.478 e. The van der Waals surface area contributed by atoms with E-state index in [0.29, 0.717) is 0 Å². The first-order chi connectivity index (χ1) is 15.8. The van der Waals surface area contributed by atoms with Crippen molar-refractivity contribution in [3.8, 4) is 11.1 Å². The van der Waals surface area contributed by atoms with Crippen molar-refractivity contribution in [2.75, 3.05) is 33.8 Å². The van der Waals surface area contributed by atoms with Gasteiger partial charge in [-0.25, -0.2) is 9.59 Å². The van der Waals surface area contributed by atoms with Crippen LogP contribution in [0.3, 0.4) is 0 Å². The zero-order valence-corrected chi connectivity index (χ0v) is 19.0. The average Bonchev–Trinajstić information content (AvgIpc) is 3.10. The van der Waals surface area contributed by atoms with E-state index in [1.807, 2.05) is 36.4 Å². The predicted octanol–water partition coefficient (Wildman–Crippen LogP) is 2.60. The maximum absolute atomic E-state index is 12.6. The number of carbonyl (C=O) groups is 3. The van der Waals surface area contributed by atoms with E-state index < -0.39 is 24.0 Å². The Bertz CT molecular complexity index is 1020. The van der Waals surface area contributed by atoms with Crippen molar-refractivity contribution in [2.24, 2.45) is 0 Å². The van der Waals surface area contributed by atoms with Gasteiger partial charge in [-0.05, 0) is 43.3 Å². The van der Waals surface area contributed by atoms with Gasteiger partial charge < -0.3 is 25.4 Å². The Hall–Kier alpha value is -3.65. The third kappa shape index (κ3) is 5.98. The predicted molar refractivity (Wildman–Crippen MR) is 125 cm³/mol. The molecule has 0 fully saturated rings. The molecule has 0 heterocycles. The van der Waals surface area contributed by atoms with Gasteiger partial charge in [-0.1, -0.05) is 54.6 Å². The first-order valence-electron chi connectivity index (χ1n) is 10.7. The Morgan fingerprint density at radius 3 is 2.18 bits per heavy atom. The van der Waals surface area contributed by atoms with Crippen LogP contribution in [0.4, 0.5) is 4.79 Å². The molecule has 1 aliphatic rings. The standard InChI is InChI=1S/C25H29N3O5/c1-16(24(30)31)12-13-26-23(29)22(14-28(2)3)27-25(32)33-15-21-19-10-6-4-8-17(19)18-9-5-7-11-20(18)21/h4-12,21-22H,13-15H2,1-3H3,(H,26,29)(H,27,32)(H,30,31)/b16-12-/t22-/m0/s1. The summed E-state index contributed by atoms with van der Waals surface area (Å²) in [6.45, 7) is 1.91. The van der Waals surface area contributed by atoms with Crippen molar-refractivity contribution in [1.29, 1.82) is 0 Å². The lowest BCUT2D eigenvalue weighted by molar-refractivity contribution is -0.132. The summed E-state index contributed by atoms with van der Waals surface area (Å²) in [6.07, 6.45) is 0.719. The number of carboxylic acids is 1. The number of benzene rings is 2. The number of carbonyl (C=O) groups excluding carboxylic acids is 2. The summed E-state index contributed by atoms with van der Waals surface area (Å²) in [4.78, 5) is 37.8. The number of hydrogen-bond acceptors (Lipinski definition) is 5. The van der Waals surface area contributed by atoms with Gasteiger partial charge in [0.15, 0.2) is 0 Å². The van der Waals surface area contributed by atoms with Gasteiger partial charge in [-0.3, -0.25) is 4.79 Å². The highest BCUT2D eigenvalue weighted by Crippen LogP contribution is 2.44. The molecule has 1 atom stereocenters. The molecule has 1 aliphatic carbocycles. The first kappa shape index (κ1) is 24.0. The van der Waals surface area contributed by atoms with E-state index in [1.54, 1.807) is 19.0 Å². The molecule has 33 heavy (non-hydrogen) atoms. The van der Waals surface area contributed by atoms with Crippen LogP contribution in [0.25, 0.3) is 11.1 Å². The van der Waals surface area contributed by atoms with Crippen LogP contribution in [0.15, 0.2) is 60.2 Å². The number of likely N-dealkylation sites (N-methyl/N-ethyl adjacent to an activating group) is 1. The number of carboxylic acid groups (broad SMARTS) is 1. The number of hydrogen-bond donors (Lipinski definition) is 3. The SMILES string of the molecule is C/C(=C/CNC(=O)[C@H](CN(C)C)NC(=O)OCC1c2ccccc2-c2ccccc21)C(=O)O. The Balaban J connectivity index is 1.62. The highest BCUT2D eigenvalue weighted by molar-refractivity contribution is 5.87. The minimum atomic E-state index is -1.05. The monoisotopic (exact) mass is 451 g/mol. The van der Waals surface area contributed by atoms with Crippen LogP contribution in [-0.4, -0.2) is 67.8 Å². The summed E-state index contributed by atoms with van der Waals surface area (Å²) in [5.41, 5.74) is 4.61. The lowest BCUT2D eigenvalue weighted by Crippen LogP contribution is -2.51. The Morgan fingerprint density at radius 2 is 1.64 bits per heavy atom.